The van der Waals surface area contributed by atoms with Crippen molar-refractivity contribution in [2.45, 2.75) is 6.92 Å². The van der Waals surface area contributed by atoms with Gasteiger partial charge in [0.1, 0.15) is 5.82 Å². The lowest BCUT2D eigenvalue weighted by Crippen LogP contribution is -2.28. The van der Waals surface area contributed by atoms with Gasteiger partial charge >= 0.3 is 0 Å². The molecule has 22 heavy (non-hydrogen) atoms. The second kappa shape index (κ2) is 6.64. The normalized spacial score (nSPS) is 11.3. The SMILES string of the molecule is Cc1ccc(NC(=O)[C@H](C#N)C(=O)c2ccc(F)cc2)cc1. The maximum absolute atomic E-state index is 12.9. The van der Waals surface area contributed by atoms with Crippen molar-refractivity contribution in [1.29, 1.82) is 5.26 Å². The second-order valence-electron chi connectivity index (χ2n) is 4.79. The maximum Gasteiger partial charge on any atom is 0.249 e. The number of Topliss-reactive ketones (excluding diaryl/α,β-unsaturated/α-hetero) is 1. The number of nitrogens with zero attached hydrogens (tertiary/aromatic N) is 1. The number of anilines is 1. The van der Waals surface area contributed by atoms with Gasteiger partial charge in [-0.1, -0.05) is 17.7 Å². The summed E-state index contributed by atoms with van der Waals surface area (Å²) < 4.78 is 12.9. The Kier molecular flexibility index (Phi) is 4.64. The molecule has 0 aliphatic rings. The molecule has 0 spiro atoms. The Hall–Kier alpha value is -3.00. The van der Waals surface area contributed by atoms with E-state index < -0.39 is 23.4 Å². The Morgan fingerprint density at radius 3 is 2.23 bits per heavy atom. The van der Waals surface area contributed by atoms with Crippen LogP contribution in [0.4, 0.5) is 10.1 Å². The van der Waals surface area contributed by atoms with E-state index in [4.69, 9.17) is 5.26 Å². The summed E-state index contributed by atoms with van der Waals surface area (Å²) in [5.74, 6) is -3.34. The van der Waals surface area contributed by atoms with Crippen LogP contribution in [0.1, 0.15) is 15.9 Å². The molecule has 0 heterocycles. The molecule has 2 rings (SSSR count). The summed E-state index contributed by atoms with van der Waals surface area (Å²) in [7, 11) is 0. The van der Waals surface area contributed by atoms with Gasteiger partial charge in [-0.3, -0.25) is 9.59 Å². The van der Waals surface area contributed by atoms with E-state index in [1.807, 2.05) is 6.92 Å². The third-order valence-electron chi connectivity index (χ3n) is 3.10. The predicted molar refractivity (Wildman–Crippen MR) is 79.6 cm³/mol. The molecule has 1 amide bonds. The Morgan fingerprint density at radius 1 is 1.09 bits per heavy atom. The highest BCUT2D eigenvalue weighted by Gasteiger charge is 2.27. The van der Waals surface area contributed by atoms with E-state index in [-0.39, 0.29) is 5.56 Å². The number of amides is 1. The van der Waals surface area contributed by atoms with Gasteiger partial charge in [0.25, 0.3) is 0 Å². The lowest BCUT2D eigenvalue weighted by Gasteiger charge is -2.10. The molecule has 0 aliphatic heterocycles. The van der Waals surface area contributed by atoms with Crippen molar-refractivity contribution >= 4 is 17.4 Å². The zero-order chi connectivity index (χ0) is 16.1. The Morgan fingerprint density at radius 2 is 1.68 bits per heavy atom. The minimum absolute atomic E-state index is 0.118. The van der Waals surface area contributed by atoms with Crippen molar-refractivity contribution in [3.8, 4) is 6.07 Å². The Labute approximate surface area is 127 Å². The average Bonchev–Trinajstić information content (AvgIpc) is 2.51. The average molecular weight is 296 g/mol. The fraction of sp³-hybridized carbons (Fsp3) is 0.118. The Bertz CT molecular complexity index is 731. The monoisotopic (exact) mass is 296 g/mol. The molecule has 2 aromatic rings. The molecule has 5 heteroatoms. The van der Waals surface area contributed by atoms with Gasteiger partial charge < -0.3 is 5.32 Å². The van der Waals surface area contributed by atoms with E-state index in [2.05, 4.69) is 5.32 Å². The first-order chi connectivity index (χ1) is 10.5. The zero-order valence-corrected chi connectivity index (χ0v) is 11.8. The van der Waals surface area contributed by atoms with Gasteiger partial charge in [0.2, 0.25) is 5.91 Å². The summed E-state index contributed by atoms with van der Waals surface area (Å²) in [4.78, 5) is 24.2. The van der Waals surface area contributed by atoms with Crippen LogP contribution < -0.4 is 5.32 Å². The van der Waals surface area contributed by atoms with E-state index in [0.29, 0.717) is 5.69 Å². The summed E-state index contributed by atoms with van der Waals surface area (Å²) in [6.45, 7) is 1.90. The maximum atomic E-state index is 12.9. The molecule has 4 nitrogen and oxygen atoms in total. The minimum Gasteiger partial charge on any atom is -0.325 e. The molecule has 0 saturated carbocycles. The van der Waals surface area contributed by atoms with Gasteiger partial charge in [0, 0.05) is 11.3 Å². The van der Waals surface area contributed by atoms with E-state index in [1.165, 1.54) is 12.1 Å². The quantitative estimate of drug-likeness (QED) is 0.696. The second-order valence-corrected chi connectivity index (χ2v) is 4.79. The predicted octanol–water partition coefficient (Wildman–Crippen LogP) is 3.10. The third-order valence-corrected chi connectivity index (χ3v) is 3.10. The fourth-order valence-corrected chi connectivity index (χ4v) is 1.87. The first-order valence-electron chi connectivity index (χ1n) is 6.58. The molecule has 1 atom stereocenters. The summed E-state index contributed by atoms with van der Waals surface area (Å²) in [5, 5.41) is 11.6. The van der Waals surface area contributed by atoms with Crippen LogP contribution >= 0.6 is 0 Å². The largest absolute Gasteiger partial charge is 0.325 e. The number of carbonyl (C=O) groups excluding carboxylic acids is 2. The van der Waals surface area contributed by atoms with Gasteiger partial charge in [0.05, 0.1) is 6.07 Å². The summed E-state index contributed by atoms with van der Waals surface area (Å²) in [6, 6.07) is 13.4. The lowest BCUT2D eigenvalue weighted by atomic mass is 9.98. The number of aryl methyl sites for hydroxylation is 1. The third kappa shape index (κ3) is 3.55. The molecule has 0 radical (unpaired) electrons. The molecule has 0 saturated heterocycles. The van der Waals surface area contributed by atoms with Crippen molar-refractivity contribution in [2.75, 3.05) is 5.32 Å². The minimum atomic E-state index is -1.48. The first-order valence-corrected chi connectivity index (χ1v) is 6.58. The molecule has 0 aliphatic carbocycles. The van der Waals surface area contributed by atoms with E-state index in [9.17, 15) is 14.0 Å². The summed E-state index contributed by atoms with van der Waals surface area (Å²) in [6.07, 6.45) is 0. The van der Waals surface area contributed by atoms with Crippen LogP contribution in [0.3, 0.4) is 0 Å². The molecular formula is C17H13FN2O2. The van der Waals surface area contributed by atoms with Crippen LogP contribution in [-0.2, 0) is 4.79 Å². The van der Waals surface area contributed by atoms with Crippen molar-refractivity contribution in [3.63, 3.8) is 0 Å². The highest BCUT2D eigenvalue weighted by molar-refractivity contribution is 6.15. The highest BCUT2D eigenvalue weighted by Crippen LogP contribution is 2.14. The molecule has 0 fully saturated rings. The number of nitrogens with one attached hydrogen (secondary N) is 1. The standard InChI is InChI=1S/C17H13FN2O2/c1-11-2-8-14(9-3-11)20-17(22)15(10-19)16(21)12-4-6-13(18)7-5-12/h2-9,15H,1H3,(H,20,22)/t15-/m1/s1. The van der Waals surface area contributed by atoms with Crippen LogP contribution in [0.25, 0.3) is 0 Å². The van der Waals surface area contributed by atoms with Crippen molar-refractivity contribution < 1.29 is 14.0 Å². The number of hydrogen-bond donors (Lipinski definition) is 1. The molecule has 0 unspecified atom stereocenters. The molecule has 0 aromatic heterocycles. The van der Waals surface area contributed by atoms with Gasteiger partial charge in [0.15, 0.2) is 11.7 Å². The van der Waals surface area contributed by atoms with Gasteiger partial charge in [-0.2, -0.15) is 5.26 Å². The van der Waals surface area contributed by atoms with Crippen LogP contribution in [0.2, 0.25) is 0 Å². The number of carbonyl (C=O) groups is 2. The topological polar surface area (TPSA) is 70.0 Å². The molecular weight excluding hydrogens is 283 g/mol. The van der Waals surface area contributed by atoms with Crippen molar-refractivity contribution in [1.82, 2.24) is 0 Å². The van der Waals surface area contributed by atoms with Gasteiger partial charge in [-0.15, -0.1) is 0 Å². The molecule has 110 valence electrons. The van der Waals surface area contributed by atoms with Gasteiger partial charge in [-0.25, -0.2) is 4.39 Å². The van der Waals surface area contributed by atoms with E-state index in [0.717, 1.165) is 17.7 Å². The number of benzene rings is 2. The summed E-state index contributed by atoms with van der Waals surface area (Å²) in [5.41, 5.74) is 1.65. The summed E-state index contributed by atoms with van der Waals surface area (Å²) >= 11 is 0. The Balaban J connectivity index is 2.15. The number of hydrogen-bond acceptors (Lipinski definition) is 3. The molecule has 2 aromatic carbocycles. The molecule has 0 bridgehead atoms. The van der Waals surface area contributed by atoms with Crippen LogP contribution in [0.5, 0.6) is 0 Å². The number of nitriles is 1. The van der Waals surface area contributed by atoms with Crippen LogP contribution in [-0.4, -0.2) is 11.7 Å². The highest BCUT2D eigenvalue weighted by atomic mass is 19.1. The smallest absolute Gasteiger partial charge is 0.249 e. The lowest BCUT2D eigenvalue weighted by molar-refractivity contribution is -0.117. The van der Waals surface area contributed by atoms with Crippen LogP contribution in [0, 0.1) is 30.0 Å². The van der Waals surface area contributed by atoms with E-state index >= 15 is 0 Å². The van der Waals surface area contributed by atoms with Crippen molar-refractivity contribution in [3.05, 3.63) is 65.5 Å². The number of ketones is 1. The number of rotatable bonds is 4. The van der Waals surface area contributed by atoms with E-state index in [1.54, 1.807) is 30.3 Å². The fourth-order valence-electron chi connectivity index (χ4n) is 1.87. The first kappa shape index (κ1) is 15.4. The zero-order valence-electron chi connectivity index (χ0n) is 11.8. The number of halogens is 1. The van der Waals surface area contributed by atoms with Gasteiger partial charge in [-0.05, 0) is 43.3 Å². The van der Waals surface area contributed by atoms with Crippen LogP contribution in [0.15, 0.2) is 48.5 Å². The van der Waals surface area contributed by atoms with Crippen molar-refractivity contribution in [2.24, 2.45) is 5.92 Å². The molecule has 1 N–H and O–H groups in total.